The minimum absolute atomic E-state index is 0.224. The number of rotatable bonds is 3. The molecule has 1 amide bonds. The fourth-order valence-electron chi connectivity index (χ4n) is 2.89. The van der Waals surface area contributed by atoms with E-state index in [4.69, 9.17) is 0 Å². The molecular weight excluding hydrogens is 388 g/mol. The predicted molar refractivity (Wildman–Crippen MR) is 109 cm³/mol. The van der Waals surface area contributed by atoms with Crippen LogP contribution in [-0.2, 0) is 0 Å². The van der Waals surface area contributed by atoms with Crippen molar-refractivity contribution in [3.63, 3.8) is 0 Å². The lowest BCUT2D eigenvalue weighted by molar-refractivity contribution is 0.102. The van der Waals surface area contributed by atoms with Crippen LogP contribution in [0.1, 0.15) is 10.5 Å². The second kappa shape index (κ2) is 7.10. The maximum absolute atomic E-state index is 12.7. The van der Waals surface area contributed by atoms with Crippen molar-refractivity contribution in [1.29, 1.82) is 0 Å². The molecule has 26 heavy (non-hydrogen) atoms. The largest absolute Gasteiger partial charge is 0.321 e. The molecule has 0 unspecified atom stereocenters. The summed E-state index contributed by atoms with van der Waals surface area (Å²) < 4.78 is 0.977. The van der Waals surface area contributed by atoms with E-state index >= 15 is 0 Å². The van der Waals surface area contributed by atoms with Gasteiger partial charge in [0.1, 0.15) is 5.69 Å². The number of aromatic nitrogens is 1. The van der Waals surface area contributed by atoms with E-state index in [1.807, 2.05) is 84.9 Å². The minimum atomic E-state index is -0.224. The Balaban J connectivity index is 1.84. The van der Waals surface area contributed by atoms with Gasteiger partial charge in [-0.05, 0) is 47.5 Å². The molecule has 1 heterocycles. The number of halogens is 1. The molecule has 4 rings (SSSR count). The van der Waals surface area contributed by atoms with Crippen molar-refractivity contribution in [3.8, 4) is 11.1 Å². The fourth-order valence-corrected chi connectivity index (χ4v) is 3.25. The van der Waals surface area contributed by atoms with Crippen LogP contribution in [0.3, 0.4) is 0 Å². The first-order chi connectivity index (χ1) is 12.7. The Labute approximate surface area is 159 Å². The average molecular weight is 403 g/mol. The van der Waals surface area contributed by atoms with E-state index < -0.39 is 0 Å². The van der Waals surface area contributed by atoms with Gasteiger partial charge in [0.25, 0.3) is 5.91 Å². The highest BCUT2D eigenvalue weighted by molar-refractivity contribution is 9.10. The third-order valence-electron chi connectivity index (χ3n) is 4.12. The van der Waals surface area contributed by atoms with Crippen LogP contribution >= 0.6 is 15.9 Å². The normalized spacial score (nSPS) is 10.7. The molecule has 0 saturated carbocycles. The number of hydrogen-bond acceptors (Lipinski definition) is 2. The average Bonchev–Trinajstić information content (AvgIpc) is 2.68. The molecule has 0 atom stereocenters. The van der Waals surface area contributed by atoms with Crippen molar-refractivity contribution in [2.75, 3.05) is 5.32 Å². The summed E-state index contributed by atoms with van der Waals surface area (Å²) >= 11 is 3.52. The summed E-state index contributed by atoms with van der Waals surface area (Å²) in [5.41, 5.74) is 3.95. The van der Waals surface area contributed by atoms with Gasteiger partial charge < -0.3 is 5.32 Å². The zero-order valence-corrected chi connectivity index (χ0v) is 15.4. The molecule has 0 saturated heterocycles. The highest BCUT2D eigenvalue weighted by atomic mass is 79.9. The molecule has 4 heteroatoms. The van der Waals surface area contributed by atoms with Gasteiger partial charge in [-0.3, -0.25) is 4.79 Å². The summed E-state index contributed by atoms with van der Waals surface area (Å²) in [5.74, 6) is -0.224. The standard InChI is InChI=1S/C22H15BrN2O/c23-16-11-12-20-19(13-16)18(15-7-3-1-4-8-15)14-21(25-20)22(26)24-17-9-5-2-6-10-17/h1-14H,(H,24,26). The molecule has 0 bridgehead atoms. The Morgan fingerprint density at radius 1 is 0.846 bits per heavy atom. The number of hydrogen-bond donors (Lipinski definition) is 1. The first kappa shape index (κ1) is 16.5. The summed E-state index contributed by atoms with van der Waals surface area (Å²) in [6, 6.07) is 27.2. The van der Waals surface area contributed by atoms with Crippen molar-refractivity contribution >= 4 is 38.4 Å². The molecule has 0 aliphatic heterocycles. The van der Waals surface area contributed by atoms with E-state index in [2.05, 4.69) is 26.2 Å². The van der Waals surface area contributed by atoms with Crippen LogP contribution in [0.2, 0.25) is 0 Å². The van der Waals surface area contributed by atoms with Crippen molar-refractivity contribution in [2.45, 2.75) is 0 Å². The van der Waals surface area contributed by atoms with E-state index in [9.17, 15) is 4.79 Å². The topological polar surface area (TPSA) is 42.0 Å². The smallest absolute Gasteiger partial charge is 0.274 e. The number of nitrogens with zero attached hydrogens (tertiary/aromatic N) is 1. The van der Waals surface area contributed by atoms with Gasteiger partial charge in [0.2, 0.25) is 0 Å². The molecular formula is C22H15BrN2O. The lowest BCUT2D eigenvalue weighted by Crippen LogP contribution is -2.14. The van der Waals surface area contributed by atoms with Crippen LogP contribution < -0.4 is 5.32 Å². The minimum Gasteiger partial charge on any atom is -0.321 e. The molecule has 0 fully saturated rings. The number of carbonyl (C=O) groups excluding carboxylic acids is 1. The van der Waals surface area contributed by atoms with Gasteiger partial charge >= 0.3 is 0 Å². The Morgan fingerprint density at radius 2 is 1.54 bits per heavy atom. The summed E-state index contributed by atoms with van der Waals surface area (Å²) in [5, 5.41) is 3.90. The van der Waals surface area contributed by atoms with Crippen LogP contribution in [0.5, 0.6) is 0 Å². The molecule has 0 radical (unpaired) electrons. The predicted octanol–water partition coefficient (Wildman–Crippen LogP) is 5.92. The SMILES string of the molecule is O=C(Nc1ccccc1)c1cc(-c2ccccc2)c2cc(Br)ccc2n1. The summed E-state index contributed by atoms with van der Waals surface area (Å²) in [4.78, 5) is 17.3. The van der Waals surface area contributed by atoms with Crippen LogP contribution in [0.25, 0.3) is 22.0 Å². The number of fused-ring (bicyclic) bond motifs is 1. The molecule has 0 aliphatic carbocycles. The lowest BCUT2D eigenvalue weighted by atomic mass is 10.00. The van der Waals surface area contributed by atoms with E-state index in [1.54, 1.807) is 0 Å². The van der Waals surface area contributed by atoms with Gasteiger partial charge in [-0.15, -0.1) is 0 Å². The van der Waals surface area contributed by atoms with Gasteiger partial charge in [0, 0.05) is 15.5 Å². The summed E-state index contributed by atoms with van der Waals surface area (Å²) in [6.45, 7) is 0. The molecule has 1 aromatic heterocycles. The zero-order chi connectivity index (χ0) is 17.9. The van der Waals surface area contributed by atoms with Gasteiger partial charge in [-0.1, -0.05) is 64.5 Å². The van der Waals surface area contributed by atoms with E-state index in [1.165, 1.54) is 0 Å². The Kier molecular flexibility index (Phi) is 4.50. The van der Waals surface area contributed by atoms with Crippen molar-refractivity contribution in [3.05, 3.63) is 95.1 Å². The first-order valence-electron chi connectivity index (χ1n) is 8.23. The molecule has 0 spiro atoms. The third-order valence-corrected chi connectivity index (χ3v) is 4.61. The second-order valence-electron chi connectivity index (χ2n) is 5.90. The summed E-state index contributed by atoms with van der Waals surface area (Å²) in [7, 11) is 0. The Morgan fingerprint density at radius 3 is 2.27 bits per heavy atom. The van der Waals surface area contributed by atoms with Crippen molar-refractivity contribution < 1.29 is 4.79 Å². The molecule has 1 N–H and O–H groups in total. The van der Waals surface area contributed by atoms with Crippen LogP contribution in [0, 0.1) is 0 Å². The molecule has 3 aromatic carbocycles. The van der Waals surface area contributed by atoms with Crippen LogP contribution in [0.15, 0.2) is 89.4 Å². The van der Waals surface area contributed by atoms with E-state index in [-0.39, 0.29) is 5.91 Å². The Hall–Kier alpha value is -2.98. The van der Waals surface area contributed by atoms with Gasteiger partial charge in [-0.25, -0.2) is 4.98 Å². The maximum atomic E-state index is 12.7. The number of pyridine rings is 1. The van der Waals surface area contributed by atoms with Gasteiger partial charge in [0.15, 0.2) is 0 Å². The number of anilines is 1. The number of carbonyl (C=O) groups is 1. The third kappa shape index (κ3) is 3.37. The van der Waals surface area contributed by atoms with Crippen molar-refractivity contribution in [2.24, 2.45) is 0 Å². The highest BCUT2D eigenvalue weighted by Gasteiger charge is 2.14. The zero-order valence-electron chi connectivity index (χ0n) is 13.8. The first-order valence-corrected chi connectivity index (χ1v) is 9.02. The monoisotopic (exact) mass is 402 g/mol. The Bertz CT molecular complexity index is 1080. The fraction of sp³-hybridized carbons (Fsp3) is 0. The van der Waals surface area contributed by atoms with Gasteiger partial charge in [-0.2, -0.15) is 0 Å². The van der Waals surface area contributed by atoms with E-state index in [0.717, 1.165) is 32.2 Å². The van der Waals surface area contributed by atoms with Crippen molar-refractivity contribution in [1.82, 2.24) is 4.98 Å². The number of nitrogens with one attached hydrogen (secondary N) is 1. The highest BCUT2D eigenvalue weighted by Crippen LogP contribution is 2.30. The quantitative estimate of drug-likeness (QED) is 0.462. The molecule has 4 aromatic rings. The number of para-hydroxylation sites is 1. The van der Waals surface area contributed by atoms with Gasteiger partial charge in [0.05, 0.1) is 5.52 Å². The summed E-state index contributed by atoms with van der Waals surface area (Å²) in [6.07, 6.45) is 0. The molecule has 126 valence electrons. The molecule has 0 aliphatic rings. The molecule has 3 nitrogen and oxygen atoms in total. The van der Waals surface area contributed by atoms with Crippen LogP contribution in [0.4, 0.5) is 5.69 Å². The second-order valence-corrected chi connectivity index (χ2v) is 6.82. The van der Waals surface area contributed by atoms with E-state index in [0.29, 0.717) is 5.69 Å². The lowest BCUT2D eigenvalue weighted by Gasteiger charge is -2.11. The van der Waals surface area contributed by atoms with Crippen LogP contribution in [-0.4, -0.2) is 10.9 Å². The number of benzene rings is 3. The maximum Gasteiger partial charge on any atom is 0.274 e. The number of amides is 1.